The van der Waals surface area contributed by atoms with E-state index in [1.54, 1.807) is 18.3 Å². The number of aromatic nitrogens is 2. The average Bonchev–Trinajstić information content (AvgIpc) is 3.26. The normalized spacial score (nSPS) is 11.8. The molecule has 0 bridgehead atoms. The molecule has 3 aromatic carbocycles. The van der Waals surface area contributed by atoms with Crippen molar-refractivity contribution in [2.24, 2.45) is 0 Å². The van der Waals surface area contributed by atoms with Gasteiger partial charge < -0.3 is 4.74 Å². The summed E-state index contributed by atoms with van der Waals surface area (Å²) in [7, 11) is 0. The summed E-state index contributed by atoms with van der Waals surface area (Å²) >= 11 is 0. The van der Waals surface area contributed by atoms with Gasteiger partial charge in [0.2, 0.25) is 0 Å². The van der Waals surface area contributed by atoms with Gasteiger partial charge in [-0.05, 0) is 46.9 Å². The number of nitrogens with one attached hydrogen (secondary N) is 1. The fourth-order valence-corrected chi connectivity index (χ4v) is 3.77. The van der Waals surface area contributed by atoms with Crippen molar-refractivity contribution < 1.29 is 13.9 Å². The first-order chi connectivity index (χ1) is 15.1. The molecule has 4 nitrogen and oxygen atoms in total. The quantitative estimate of drug-likeness (QED) is 0.179. The standard InChI is InChI=1S/C26H21FN2O2/c1-3-19(17-10-6-5-7-11-17)26(20-12-8-9-13-24(20)31-25(30)4-2)21-14-18(27)15-23-22(21)16-28-29-23/h4-16H,2-3H2,1H3,(H,28,29)/b26-19-. The fraction of sp³-hybridized carbons (Fsp3) is 0.0769. The van der Waals surface area contributed by atoms with Crippen molar-refractivity contribution in [3.8, 4) is 5.75 Å². The van der Waals surface area contributed by atoms with Crippen molar-refractivity contribution in [3.05, 3.63) is 108 Å². The number of esters is 1. The SMILES string of the molecule is C=CC(=O)Oc1ccccc1/C(=C(\CC)c1ccccc1)c1cc(F)cc2[nH]ncc12. The van der Waals surface area contributed by atoms with Gasteiger partial charge in [-0.1, -0.05) is 62.0 Å². The molecule has 0 amide bonds. The number of benzene rings is 3. The highest BCUT2D eigenvalue weighted by atomic mass is 19.1. The predicted octanol–water partition coefficient (Wildman–Crippen LogP) is 6.16. The molecule has 0 fully saturated rings. The van der Waals surface area contributed by atoms with Gasteiger partial charge >= 0.3 is 5.97 Å². The topological polar surface area (TPSA) is 55.0 Å². The van der Waals surface area contributed by atoms with Crippen molar-refractivity contribution >= 4 is 28.0 Å². The lowest BCUT2D eigenvalue weighted by Gasteiger charge is -2.19. The molecular weight excluding hydrogens is 391 g/mol. The van der Waals surface area contributed by atoms with Crippen LogP contribution in [0.1, 0.15) is 30.0 Å². The van der Waals surface area contributed by atoms with Gasteiger partial charge in [-0.25, -0.2) is 9.18 Å². The second kappa shape index (κ2) is 8.79. The zero-order chi connectivity index (χ0) is 21.8. The Morgan fingerprint density at radius 2 is 1.84 bits per heavy atom. The fourth-order valence-electron chi connectivity index (χ4n) is 3.77. The molecule has 0 aliphatic rings. The van der Waals surface area contributed by atoms with E-state index in [4.69, 9.17) is 4.74 Å². The maximum atomic E-state index is 14.6. The molecule has 5 heteroatoms. The van der Waals surface area contributed by atoms with E-state index in [9.17, 15) is 9.18 Å². The third kappa shape index (κ3) is 4.03. The molecule has 0 atom stereocenters. The average molecular weight is 412 g/mol. The highest BCUT2D eigenvalue weighted by Gasteiger charge is 2.21. The predicted molar refractivity (Wildman–Crippen MR) is 121 cm³/mol. The maximum absolute atomic E-state index is 14.6. The van der Waals surface area contributed by atoms with Crippen LogP contribution in [-0.4, -0.2) is 16.2 Å². The summed E-state index contributed by atoms with van der Waals surface area (Å²) in [4.78, 5) is 12.0. The number of ether oxygens (including phenoxy) is 1. The highest BCUT2D eigenvalue weighted by Crippen LogP contribution is 2.41. The molecule has 0 unspecified atom stereocenters. The second-order valence-electron chi connectivity index (χ2n) is 6.98. The van der Waals surface area contributed by atoms with E-state index in [2.05, 4.69) is 16.8 Å². The zero-order valence-corrected chi connectivity index (χ0v) is 17.1. The summed E-state index contributed by atoms with van der Waals surface area (Å²) in [6, 6.07) is 20.1. The summed E-state index contributed by atoms with van der Waals surface area (Å²) < 4.78 is 20.2. The summed E-state index contributed by atoms with van der Waals surface area (Å²) in [5, 5.41) is 7.74. The molecule has 1 heterocycles. The molecule has 1 N–H and O–H groups in total. The van der Waals surface area contributed by atoms with Crippen LogP contribution in [0.25, 0.3) is 22.0 Å². The van der Waals surface area contributed by atoms with Gasteiger partial charge in [-0.3, -0.25) is 5.10 Å². The molecule has 4 rings (SSSR count). The Bertz CT molecular complexity index is 1290. The van der Waals surface area contributed by atoms with Crippen LogP contribution >= 0.6 is 0 Å². The van der Waals surface area contributed by atoms with Gasteiger partial charge in [0.15, 0.2) is 0 Å². The lowest BCUT2D eigenvalue weighted by Crippen LogP contribution is -2.06. The Hall–Kier alpha value is -3.99. The lowest BCUT2D eigenvalue weighted by molar-refractivity contribution is -0.128. The van der Waals surface area contributed by atoms with Crippen LogP contribution in [0.5, 0.6) is 5.75 Å². The van der Waals surface area contributed by atoms with Gasteiger partial charge in [-0.2, -0.15) is 5.10 Å². The molecule has 0 aliphatic heterocycles. The molecule has 0 saturated heterocycles. The van der Waals surface area contributed by atoms with E-state index in [1.165, 1.54) is 12.1 Å². The number of para-hydroxylation sites is 1. The van der Waals surface area contributed by atoms with E-state index < -0.39 is 5.97 Å². The molecule has 31 heavy (non-hydrogen) atoms. The molecule has 154 valence electrons. The minimum Gasteiger partial charge on any atom is -0.423 e. The van der Waals surface area contributed by atoms with Crippen LogP contribution < -0.4 is 4.74 Å². The number of H-pyrrole nitrogens is 1. The van der Waals surface area contributed by atoms with Gasteiger partial charge in [0.25, 0.3) is 0 Å². The van der Waals surface area contributed by atoms with E-state index in [1.807, 2.05) is 49.4 Å². The smallest absolute Gasteiger partial charge is 0.335 e. The minimum absolute atomic E-state index is 0.380. The number of hydrogen-bond donors (Lipinski definition) is 1. The first kappa shape index (κ1) is 20.3. The first-order valence-electron chi connectivity index (χ1n) is 9.97. The largest absolute Gasteiger partial charge is 0.423 e. The minimum atomic E-state index is -0.558. The zero-order valence-electron chi connectivity index (χ0n) is 17.1. The Morgan fingerprint density at radius 1 is 1.10 bits per heavy atom. The summed E-state index contributed by atoms with van der Waals surface area (Å²) in [6.45, 7) is 5.53. The van der Waals surface area contributed by atoms with Crippen LogP contribution in [0.15, 0.2) is 85.6 Å². The molecule has 0 aliphatic carbocycles. The highest BCUT2D eigenvalue weighted by molar-refractivity contribution is 6.06. The second-order valence-corrected chi connectivity index (χ2v) is 6.98. The van der Waals surface area contributed by atoms with Gasteiger partial charge in [0, 0.05) is 17.0 Å². The Kier molecular flexibility index (Phi) is 5.76. The molecule has 1 aromatic heterocycles. The molecule has 0 spiro atoms. The van der Waals surface area contributed by atoms with Crippen molar-refractivity contribution in [2.75, 3.05) is 0 Å². The molecule has 0 saturated carbocycles. The summed E-state index contributed by atoms with van der Waals surface area (Å²) in [5.41, 5.74) is 4.74. The van der Waals surface area contributed by atoms with E-state index >= 15 is 0 Å². The third-order valence-corrected chi connectivity index (χ3v) is 5.10. The number of nitrogens with zero attached hydrogens (tertiary/aromatic N) is 1. The number of fused-ring (bicyclic) bond motifs is 1. The van der Waals surface area contributed by atoms with Crippen molar-refractivity contribution in [3.63, 3.8) is 0 Å². The van der Waals surface area contributed by atoms with Crippen LogP contribution in [-0.2, 0) is 4.79 Å². The lowest BCUT2D eigenvalue weighted by atomic mass is 9.86. The van der Waals surface area contributed by atoms with Crippen molar-refractivity contribution in [1.29, 1.82) is 0 Å². The summed E-state index contributed by atoms with van der Waals surface area (Å²) in [6.07, 6.45) is 3.48. The van der Waals surface area contributed by atoms with Crippen LogP contribution in [0.4, 0.5) is 4.39 Å². The van der Waals surface area contributed by atoms with Crippen molar-refractivity contribution in [2.45, 2.75) is 13.3 Å². The van der Waals surface area contributed by atoms with Crippen LogP contribution in [0.2, 0.25) is 0 Å². The number of aromatic amines is 1. The Balaban J connectivity index is 2.09. The van der Waals surface area contributed by atoms with E-state index in [0.29, 0.717) is 28.8 Å². The van der Waals surface area contributed by atoms with Gasteiger partial charge in [0.1, 0.15) is 11.6 Å². The number of carbonyl (C=O) groups is 1. The Morgan fingerprint density at radius 3 is 2.58 bits per heavy atom. The third-order valence-electron chi connectivity index (χ3n) is 5.10. The monoisotopic (exact) mass is 412 g/mol. The van der Waals surface area contributed by atoms with Gasteiger partial charge in [0.05, 0.1) is 11.7 Å². The van der Waals surface area contributed by atoms with Crippen LogP contribution in [0, 0.1) is 5.82 Å². The van der Waals surface area contributed by atoms with E-state index in [-0.39, 0.29) is 5.82 Å². The van der Waals surface area contributed by atoms with E-state index in [0.717, 1.165) is 28.2 Å². The van der Waals surface area contributed by atoms with Gasteiger partial charge in [-0.15, -0.1) is 0 Å². The maximum Gasteiger partial charge on any atom is 0.335 e. The number of hydrogen-bond acceptors (Lipinski definition) is 3. The number of rotatable bonds is 6. The first-order valence-corrected chi connectivity index (χ1v) is 9.97. The number of allylic oxidation sites excluding steroid dienone is 1. The summed E-state index contributed by atoms with van der Waals surface area (Å²) in [5.74, 6) is -0.559. The number of halogens is 1. The molecular formula is C26H21FN2O2. The molecule has 0 radical (unpaired) electrons. The Labute approximate surface area is 179 Å². The van der Waals surface area contributed by atoms with Crippen molar-refractivity contribution in [1.82, 2.24) is 10.2 Å². The molecule has 4 aromatic rings. The number of carbonyl (C=O) groups excluding carboxylic acids is 1. The van der Waals surface area contributed by atoms with Crippen LogP contribution in [0.3, 0.4) is 0 Å².